The van der Waals surface area contributed by atoms with E-state index in [1.807, 2.05) is 26.8 Å². The highest BCUT2D eigenvalue weighted by Gasteiger charge is 2.71. The maximum absolute atomic E-state index is 12.6. The molecule has 1 saturated heterocycles. The summed E-state index contributed by atoms with van der Waals surface area (Å²) in [6.45, 7) is 6.65. The van der Waals surface area contributed by atoms with Crippen LogP contribution in [0.2, 0.25) is 0 Å². The fraction of sp³-hybridized carbons (Fsp3) is 0.600. The highest BCUT2D eigenvalue weighted by molar-refractivity contribution is 5.99. The second-order valence-electron chi connectivity index (χ2n) is 6.45. The first-order chi connectivity index (χ1) is 9.37. The zero-order valence-electron chi connectivity index (χ0n) is 12.1. The molecule has 2 heterocycles. The quantitative estimate of drug-likeness (QED) is 0.857. The summed E-state index contributed by atoms with van der Waals surface area (Å²) in [5.74, 6) is 0.483. The summed E-state index contributed by atoms with van der Waals surface area (Å²) in [4.78, 5) is 16.8. The van der Waals surface area contributed by atoms with Crippen LogP contribution in [0.1, 0.15) is 25.8 Å². The number of anilines is 1. The molecule has 108 valence electrons. The third-order valence-electron chi connectivity index (χ3n) is 4.98. The molecule has 3 atom stereocenters. The first-order valence-corrected chi connectivity index (χ1v) is 7.02. The monoisotopic (exact) mass is 275 g/mol. The minimum absolute atomic E-state index is 0.0872. The fourth-order valence-corrected chi connectivity index (χ4v) is 3.61. The number of carbonyl (C=O) groups excluding carboxylic acids is 1. The van der Waals surface area contributed by atoms with Crippen LogP contribution in [0, 0.1) is 18.3 Å². The number of aryl methyl sites for hydroxylation is 1. The van der Waals surface area contributed by atoms with E-state index >= 15 is 0 Å². The third-order valence-corrected chi connectivity index (χ3v) is 4.98. The Balaban J connectivity index is 1.81. The van der Waals surface area contributed by atoms with Crippen LogP contribution in [0.3, 0.4) is 0 Å². The van der Waals surface area contributed by atoms with E-state index in [2.05, 4.69) is 10.3 Å². The first-order valence-electron chi connectivity index (χ1n) is 7.02. The van der Waals surface area contributed by atoms with Crippen LogP contribution >= 0.6 is 0 Å². The number of pyridine rings is 1. The minimum Gasteiger partial charge on any atom is -0.377 e. The van der Waals surface area contributed by atoms with Crippen LogP contribution in [-0.4, -0.2) is 29.1 Å². The highest BCUT2D eigenvalue weighted by atomic mass is 16.5. The largest absolute Gasteiger partial charge is 0.377 e. The summed E-state index contributed by atoms with van der Waals surface area (Å²) in [6, 6.07) is 3.71. The SMILES string of the molecule is Cc1ccc(NC(=O)C2(N)C3CCOC3C2(C)C)nc1. The summed E-state index contributed by atoms with van der Waals surface area (Å²) >= 11 is 0. The van der Waals surface area contributed by atoms with Gasteiger partial charge < -0.3 is 15.8 Å². The Kier molecular flexibility index (Phi) is 2.88. The van der Waals surface area contributed by atoms with Gasteiger partial charge in [0.2, 0.25) is 5.91 Å². The molecule has 0 aromatic carbocycles. The molecular formula is C15H21N3O2. The summed E-state index contributed by atoms with van der Waals surface area (Å²) in [5.41, 5.74) is 6.28. The molecule has 5 heteroatoms. The molecule has 1 aliphatic heterocycles. The molecule has 2 aliphatic rings. The molecule has 20 heavy (non-hydrogen) atoms. The van der Waals surface area contributed by atoms with E-state index < -0.39 is 5.54 Å². The van der Waals surface area contributed by atoms with E-state index in [9.17, 15) is 4.79 Å². The smallest absolute Gasteiger partial charge is 0.246 e. The Morgan fingerprint density at radius 2 is 2.25 bits per heavy atom. The van der Waals surface area contributed by atoms with E-state index in [4.69, 9.17) is 10.5 Å². The molecule has 2 fully saturated rings. The average Bonchev–Trinajstić information content (AvgIpc) is 2.88. The van der Waals surface area contributed by atoms with Crippen molar-refractivity contribution in [1.29, 1.82) is 0 Å². The summed E-state index contributed by atoms with van der Waals surface area (Å²) in [5, 5.41) is 2.85. The van der Waals surface area contributed by atoms with Crippen LogP contribution in [0.25, 0.3) is 0 Å². The molecular weight excluding hydrogens is 254 g/mol. The van der Waals surface area contributed by atoms with E-state index in [0.29, 0.717) is 12.4 Å². The van der Waals surface area contributed by atoms with Crippen LogP contribution in [0.5, 0.6) is 0 Å². The summed E-state index contributed by atoms with van der Waals surface area (Å²) in [7, 11) is 0. The molecule has 0 radical (unpaired) electrons. The zero-order valence-corrected chi connectivity index (χ0v) is 12.1. The number of carbonyl (C=O) groups is 1. The van der Waals surface area contributed by atoms with Gasteiger partial charge in [-0.3, -0.25) is 4.79 Å². The van der Waals surface area contributed by atoms with Gasteiger partial charge in [0.05, 0.1) is 6.10 Å². The number of fused-ring (bicyclic) bond motifs is 1. The predicted molar refractivity (Wildman–Crippen MR) is 76.2 cm³/mol. The molecule has 5 nitrogen and oxygen atoms in total. The van der Waals surface area contributed by atoms with Crippen molar-refractivity contribution in [3.8, 4) is 0 Å². The number of aromatic nitrogens is 1. The van der Waals surface area contributed by atoms with Crippen LogP contribution in [-0.2, 0) is 9.53 Å². The Morgan fingerprint density at radius 1 is 1.50 bits per heavy atom. The second-order valence-corrected chi connectivity index (χ2v) is 6.45. The van der Waals surface area contributed by atoms with Gasteiger partial charge in [0.1, 0.15) is 11.4 Å². The lowest BCUT2D eigenvalue weighted by molar-refractivity contribution is -0.170. The number of hydrogen-bond acceptors (Lipinski definition) is 4. The van der Waals surface area contributed by atoms with E-state index in [1.54, 1.807) is 12.3 Å². The second kappa shape index (κ2) is 4.27. The lowest BCUT2D eigenvalue weighted by Gasteiger charge is -2.60. The van der Waals surface area contributed by atoms with Crippen molar-refractivity contribution in [3.63, 3.8) is 0 Å². The van der Waals surface area contributed by atoms with Gasteiger partial charge in [-0.1, -0.05) is 19.9 Å². The molecule has 0 spiro atoms. The Labute approximate surface area is 118 Å². The zero-order chi connectivity index (χ0) is 14.5. The number of ether oxygens (including phenoxy) is 1. The lowest BCUT2D eigenvalue weighted by Crippen LogP contribution is -2.79. The number of rotatable bonds is 2. The Bertz CT molecular complexity index is 541. The summed E-state index contributed by atoms with van der Waals surface area (Å²) in [6.07, 6.45) is 2.66. The van der Waals surface area contributed by atoms with Crippen molar-refractivity contribution in [3.05, 3.63) is 23.9 Å². The van der Waals surface area contributed by atoms with E-state index in [-0.39, 0.29) is 23.3 Å². The van der Waals surface area contributed by atoms with Gasteiger partial charge in [-0.2, -0.15) is 0 Å². The fourth-order valence-electron chi connectivity index (χ4n) is 3.61. The maximum atomic E-state index is 12.6. The molecule has 3 unspecified atom stereocenters. The molecule has 1 aromatic rings. The van der Waals surface area contributed by atoms with Crippen LogP contribution < -0.4 is 11.1 Å². The minimum atomic E-state index is -0.888. The van der Waals surface area contributed by atoms with Crippen molar-refractivity contribution in [1.82, 2.24) is 4.98 Å². The average molecular weight is 275 g/mol. The highest BCUT2D eigenvalue weighted by Crippen LogP contribution is 2.58. The molecule has 3 rings (SSSR count). The number of amides is 1. The maximum Gasteiger partial charge on any atom is 0.246 e. The Morgan fingerprint density at radius 3 is 2.90 bits per heavy atom. The van der Waals surface area contributed by atoms with Crippen molar-refractivity contribution >= 4 is 11.7 Å². The van der Waals surface area contributed by atoms with Gasteiger partial charge in [-0.25, -0.2) is 4.98 Å². The molecule has 3 N–H and O–H groups in total. The number of nitrogens with zero attached hydrogens (tertiary/aromatic N) is 1. The van der Waals surface area contributed by atoms with Gasteiger partial charge in [0.25, 0.3) is 0 Å². The number of hydrogen-bond donors (Lipinski definition) is 2. The van der Waals surface area contributed by atoms with Gasteiger partial charge in [-0.05, 0) is 25.0 Å². The van der Waals surface area contributed by atoms with Crippen molar-refractivity contribution in [2.45, 2.75) is 38.8 Å². The van der Waals surface area contributed by atoms with Crippen molar-refractivity contribution in [2.75, 3.05) is 11.9 Å². The van der Waals surface area contributed by atoms with E-state index in [0.717, 1.165) is 12.0 Å². The molecule has 1 aromatic heterocycles. The Hall–Kier alpha value is -1.46. The molecule has 0 bridgehead atoms. The predicted octanol–water partition coefficient (Wildman–Crippen LogP) is 1.47. The standard InChI is InChI=1S/C15H21N3O2/c1-9-4-5-11(17-8-9)18-13(19)15(16)10-6-7-20-12(10)14(15,2)3/h4-5,8,10,12H,6-7,16H2,1-3H3,(H,17,18,19). The molecule has 1 amide bonds. The normalized spacial score (nSPS) is 34.2. The van der Waals surface area contributed by atoms with Gasteiger partial charge in [-0.15, -0.1) is 0 Å². The van der Waals surface area contributed by atoms with Gasteiger partial charge in [0.15, 0.2) is 0 Å². The van der Waals surface area contributed by atoms with Crippen LogP contribution in [0.15, 0.2) is 18.3 Å². The molecule has 1 aliphatic carbocycles. The third kappa shape index (κ3) is 1.63. The van der Waals surface area contributed by atoms with Crippen LogP contribution in [0.4, 0.5) is 5.82 Å². The topological polar surface area (TPSA) is 77.2 Å². The van der Waals surface area contributed by atoms with E-state index in [1.165, 1.54) is 0 Å². The van der Waals surface area contributed by atoms with Crippen molar-refractivity contribution < 1.29 is 9.53 Å². The number of nitrogens with one attached hydrogen (secondary N) is 1. The number of nitrogens with two attached hydrogens (primary N) is 1. The van der Waals surface area contributed by atoms with Gasteiger partial charge in [0, 0.05) is 24.1 Å². The lowest BCUT2D eigenvalue weighted by atomic mass is 9.48. The summed E-state index contributed by atoms with van der Waals surface area (Å²) < 4.78 is 5.70. The first kappa shape index (κ1) is 13.5. The molecule has 1 saturated carbocycles. The van der Waals surface area contributed by atoms with Gasteiger partial charge >= 0.3 is 0 Å². The van der Waals surface area contributed by atoms with Crippen molar-refractivity contribution in [2.24, 2.45) is 17.1 Å².